The summed E-state index contributed by atoms with van der Waals surface area (Å²) < 4.78 is 38.0. The average molecular weight is 297 g/mol. The van der Waals surface area contributed by atoms with Crippen LogP contribution in [-0.2, 0) is 6.18 Å². The molecule has 2 rings (SSSR count). The number of anilines is 1. The third-order valence-electron chi connectivity index (χ3n) is 3.97. The van der Waals surface area contributed by atoms with Gasteiger partial charge in [-0.2, -0.15) is 18.4 Å². The quantitative estimate of drug-likeness (QED) is 0.932. The summed E-state index contributed by atoms with van der Waals surface area (Å²) in [7, 11) is 0. The van der Waals surface area contributed by atoms with E-state index in [2.05, 4.69) is 0 Å². The van der Waals surface area contributed by atoms with Gasteiger partial charge in [0.15, 0.2) is 0 Å². The minimum absolute atomic E-state index is 0.0853. The van der Waals surface area contributed by atoms with Gasteiger partial charge in [0.25, 0.3) is 0 Å². The van der Waals surface area contributed by atoms with Crippen molar-refractivity contribution in [3.8, 4) is 6.07 Å². The molecule has 0 amide bonds. The van der Waals surface area contributed by atoms with E-state index in [9.17, 15) is 13.2 Å². The van der Waals surface area contributed by atoms with Gasteiger partial charge in [-0.25, -0.2) is 0 Å². The molecule has 0 aliphatic carbocycles. The lowest BCUT2D eigenvalue weighted by Gasteiger charge is -2.34. The highest BCUT2D eigenvalue weighted by Gasteiger charge is 2.31. The number of nitriles is 1. The number of halogens is 3. The van der Waals surface area contributed by atoms with E-state index < -0.39 is 11.7 Å². The van der Waals surface area contributed by atoms with Crippen molar-refractivity contribution in [2.45, 2.75) is 25.4 Å². The van der Waals surface area contributed by atoms with Gasteiger partial charge in [0, 0.05) is 13.1 Å². The second kappa shape index (κ2) is 6.35. The number of hydrogen-bond acceptors (Lipinski definition) is 3. The van der Waals surface area contributed by atoms with Crippen molar-refractivity contribution in [2.75, 3.05) is 24.5 Å². The topological polar surface area (TPSA) is 53.0 Å². The first kappa shape index (κ1) is 15.6. The Bertz CT molecular complexity index is 526. The lowest BCUT2D eigenvalue weighted by Crippen LogP contribution is -2.34. The first-order chi connectivity index (χ1) is 9.95. The van der Waals surface area contributed by atoms with Crippen molar-refractivity contribution >= 4 is 5.69 Å². The number of nitrogens with two attached hydrogens (primary N) is 1. The molecule has 0 atom stereocenters. The van der Waals surface area contributed by atoms with Gasteiger partial charge in [-0.3, -0.25) is 0 Å². The third-order valence-corrected chi connectivity index (χ3v) is 3.97. The van der Waals surface area contributed by atoms with E-state index >= 15 is 0 Å². The van der Waals surface area contributed by atoms with E-state index in [0.717, 1.165) is 44.5 Å². The van der Waals surface area contributed by atoms with Crippen LogP contribution in [-0.4, -0.2) is 19.6 Å². The number of benzene rings is 1. The van der Waals surface area contributed by atoms with Crippen molar-refractivity contribution in [1.82, 2.24) is 0 Å². The van der Waals surface area contributed by atoms with Gasteiger partial charge in [-0.05, 0) is 49.9 Å². The van der Waals surface area contributed by atoms with Crippen molar-refractivity contribution in [2.24, 2.45) is 11.7 Å². The van der Waals surface area contributed by atoms with Gasteiger partial charge in [0.05, 0.1) is 16.8 Å². The van der Waals surface area contributed by atoms with Crippen LogP contribution >= 0.6 is 0 Å². The van der Waals surface area contributed by atoms with Crippen LogP contribution < -0.4 is 10.6 Å². The summed E-state index contributed by atoms with van der Waals surface area (Å²) in [5.74, 6) is 0.575. The minimum atomic E-state index is -4.42. The largest absolute Gasteiger partial charge is 0.416 e. The molecule has 0 saturated carbocycles. The molecule has 1 aromatic carbocycles. The van der Waals surface area contributed by atoms with E-state index in [1.807, 2.05) is 11.0 Å². The second-order valence-corrected chi connectivity index (χ2v) is 5.35. The van der Waals surface area contributed by atoms with Gasteiger partial charge >= 0.3 is 6.18 Å². The summed E-state index contributed by atoms with van der Waals surface area (Å²) in [5.41, 5.74) is 5.45. The third kappa shape index (κ3) is 3.67. The molecule has 1 aliphatic heterocycles. The van der Waals surface area contributed by atoms with Gasteiger partial charge in [-0.15, -0.1) is 0 Å². The predicted molar refractivity (Wildman–Crippen MR) is 74.8 cm³/mol. The Balaban J connectivity index is 2.16. The van der Waals surface area contributed by atoms with Crippen LogP contribution in [0.5, 0.6) is 0 Å². The van der Waals surface area contributed by atoms with Crippen LogP contribution in [0, 0.1) is 17.2 Å². The lowest BCUT2D eigenvalue weighted by molar-refractivity contribution is -0.137. The fraction of sp³-hybridized carbons (Fsp3) is 0.533. The van der Waals surface area contributed by atoms with Crippen LogP contribution in [0.2, 0.25) is 0 Å². The zero-order chi connectivity index (χ0) is 15.5. The highest BCUT2D eigenvalue weighted by atomic mass is 19.4. The monoisotopic (exact) mass is 297 g/mol. The molecule has 2 N–H and O–H groups in total. The maximum atomic E-state index is 12.7. The Morgan fingerprint density at radius 3 is 2.48 bits per heavy atom. The Morgan fingerprint density at radius 1 is 1.29 bits per heavy atom. The highest BCUT2D eigenvalue weighted by Crippen LogP contribution is 2.34. The van der Waals surface area contributed by atoms with Crippen molar-refractivity contribution in [1.29, 1.82) is 5.26 Å². The molecule has 1 aliphatic rings. The van der Waals surface area contributed by atoms with E-state index in [-0.39, 0.29) is 5.56 Å². The number of alkyl halides is 3. The smallest absolute Gasteiger partial charge is 0.370 e. The molecule has 0 unspecified atom stereocenters. The molecule has 1 fully saturated rings. The Hall–Kier alpha value is -1.74. The Morgan fingerprint density at radius 2 is 1.95 bits per heavy atom. The number of piperidine rings is 1. The van der Waals surface area contributed by atoms with E-state index in [1.165, 1.54) is 6.07 Å². The van der Waals surface area contributed by atoms with Crippen molar-refractivity contribution in [3.05, 3.63) is 29.3 Å². The summed E-state index contributed by atoms with van der Waals surface area (Å²) in [6, 6.07) is 5.26. The van der Waals surface area contributed by atoms with E-state index in [1.54, 1.807) is 0 Å². The predicted octanol–water partition coefficient (Wildman–Crippen LogP) is 3.14. The maximum absolute atomic E-state index is 12.7. The Kier molecular flexibility index (Phi) is 4.73. The fourth-order valence-electron chi connectivity index (χ4n) is 2.78. The molecule has 6 heteroatoms. The van der Waals surface area contributed by atoms with Crippen molar-refractivity contribution < 1.29 is 13.2 Å². The molecule has 3 nitrogen and oxygen atoms in total. The summed E-state index contributed by atoms with van der Waals surface area (Å²) in [5, 5.41) is 9.11. The zero-order valence-corrected chi connectivity index (χ0v) is 11.7. The van der Waals surface area contributed by atoms with Gasteiger partial charge < -0.3 is 10.6 Å². The highest BCUT2D eigenvalue weighted by molar-refractivity contribution is 5.61. The van der Waals surface area contributed by atoms with Crippen molar-refractivity contribution in [3.63, 3.8) is 0 Å². The zero-order valence-electron chi connectivity index (χ0n) is 11.7. The van der Waals surface area contributed by atoms with Gasteiger partial charge in [0.2, 0.25) is 0 Å². The lowest BCUT2D eigenvalue weighted by atomic mass is 9.93. The molecule has 1 aromatic rings. The molecular weight excluding hydrogens is 279 g/mol. The summed E-state index contributed by atoms with van der Waals surface area (Å²) in [6.07, 6.45) is -1.52. The molecule has 0 radical (unpaired) electrons. The maximum Gasteiger partial charge on any atom is 0.416 e. The summed E-state index contributed by atoms with van der Waals surface area (Å²) in [4.78, 5) is 1.99. The van der Waals surface area contributed by atoms with Crippen LogP contribution in [0.15, 0.2) is 18.2 Å². The van der Waals surface area contributed by atoms with Crippen LogP contribution in [0.25, 0.3) is 0 Å². The molecule has 0 spiro atoms. The molecule has 1 heterocycles. The normalized spacial score (nSPS) is 16.8. The fourth-order valence-corrected chi connectivity index (χ4v) is 2.78. The summed E-state index contributed by atoms with van der Waals surface area (Å²) in [6.45, 7) is 2.17. The molecule has 0 bridgehead atoms. The summed E-state index contributed by atoms with van der Waals surface area (Å²) >= 11 is 0. The molecule has 0 aromatic heterocycles. The molecule has 114 valence electrons. The minimum Gasteiger partial charge on any atom is -0.370 e. The first-order valence-electron chi connectivity index (χ1n) is 7.02. The number of hydrogen-bond donors (Lipinski definition) is 1. The standard InChI is InChI=1S/C15H18F3N3/c16-15(17,18)13-1-2-14(12(9-13)10-20)21-7-4-11(3-6-19)5-8-21/h1-2,9,11H,3-8,19H2. The van der Waals surface area contributed by atoms with Gasteiger partial charge in [-0.1, -0.05) is 0 Å². The van der Waals surface area contributed by atoms with Crippen LogP contribution in [0.1, 0.15) is 30.4 Å². The SMILES string of the molecule is N#Cc1cc(C(F)(F)F)ccc1N1CCC(CCN)CC1. The average Bonchev–Trinajstić information content (AvgIpc) is 2.47. The Labute approximate surface area is 122 Å². The molecular formula is C15H18F3N3. The molecule has 1 saturated heterocycles. The second-order valence-electron chi connectivity index (χ2n) is 5.35. The number of rotatable bonds is 3. The first-order valence-corrected chi connectivity index (χ1v) is 7.02. The van der Waals surface area contributed by atoms with Gasteiger partial charge in [0.1, 0.15) is 6.07 Å². The van der Waals surface area contributed by atoms with E-state index in [4.69, 9.17) is 11.0 Å². The van der Waals surface area contributed by atoms with E-state index in [0.29, 0.717) is 18.2 Å². The van der Waals surface area contributed by atoms with Crippen LogP contribution in [0.4, 0.5) is 18.9 Å². The molecule has 21 heavy (non-hydrogen) atoms. The van der Waals surface area contributed by atoms with Crippen LogP contribution in [0.3, 0.4) is 0 Å². The number of nitrogens with zero attached hydrogens (tertiary/aromatic N) is 2.